The molecule has 0 bridgehead atoms. The van der Waals surface area contributed by atoms with Crippen LogP contribution in [0.2, 0.25) is 0 Å². The fourth-order valence-corrected chi connectivity index (χ4v) is 1.38. The van der Waals surface area contributed by atoms with Crippen LogP contribution in [0.3, 0.4) is 0 Å². The molecule has 1 saturated heterocycles. The van der Waals surface area contributed by atoms with E-state index in [1.807, 2.05) is 0 Å². The highest BCUT2D eigenvalue weighted by Gasteiger charge is 2.31. The molecule has 7 nitrogen and oxygen atoms in total. The first-order chi connectivity index (χ1) is 6.58. The summed E-state index contributed by atoms with van der Waals surface area (Å²) in [6.07, 6.45) is -0.509. The Morgan fingerprint density at radius 2 is 2.36 bits per heavy atom. The summed E-state index contributed by atoms with van der Waals surface area (Å²) in [7, 11) is 1.64. The molecule has 1 aliphatic rings. The predicted octanol–water partition coefficient (Wildman–Crippen LogP) is -1.51. The van der Waals surface area contributed by atoms with Gasteiger partial charge >= 0.3 is 0 Å². The SMILES string of the molecule is Cn1nc(N2CC(O)CC2=O)nc1N. The van der Waals surface area contributed by atoms with E-state index in [-0.39, 0.29) is 30.8 Å². The molecule has 0 saturated carbocycles. The molecule has 1 amide bonds. The lowest BCUT2D eigenvalue weighted by atomic mass is 10.3. The number of nitrogens with two attached hydrogens (primary N) is 1. The second-order valence-electron chi connectivity index (χ2n) is 3.26. The molecule has 1 unspecified atom stereocenters. The number of aliphatic hydroxyl groups is 1. The van der Waals surface area contributed by atoms with Crippen molar-refractivity contribution in [1.82, 2.24) is 14.8 Å². The second-order valence-corrected chi connectivity index (χ2v) is 3.26. The molecule has 14 heavy (non-hydrogen) atoms. The van der Waals surface area contributed by atoms with E-state index in [4.69, 9.17) is 5.73 Å². The van der Waals surface area contributed by atoms with Gasteiger partial charge in [0.1, 0.15) is 0 Å². The highest BCUT2D eigenvalue weighted by Crippen LogP contribution is 2.18. The van der Waals surface area contributed by atoms with Crippen LogP contribution >= 0.6 is 0 Å². The number of hydrogen-bond acceptors (Lipinski definition) is 5. The summed E-state index contributed by atoms with van der Waals surface area (Å²) in [5.41, 5.74) is 5.48. The van der Waals surface area contributed by atoms with Crippen LogP contribution in [-0.4, -0.2) is 38.4 Å². The van der Waals surface area contributed by atoms with Gasteiger partial charge in [-0.1, -0.05) is 0 Å². The predicted molar refractivity (Wildman–Crippen MR) is 48.4 cm³/mol. The van der Waals surface area contributed by atoms with Crippen LogP contribution in [0.4, 0.5) is 11.9 Å². The van der Waals surface area contributed by atoms with Gasteiger partial charge in [0.15, 0.2) is 0 Å². The van der Waals surface area contributed by atoms with Crippen molar-refractivity contribution in [3.8, 4) is 0 Å². The van der Waals surface area contributed by atoms with Gasteiger partial charge in [0.25, 0.3) is 5.95 Å². The van der Waals surface area contributed by atoms with Gasteiger partial charge in [-0.05, 0) is 0 Å². The Morgan fingerprint density at radius 1 is 1.64 bits per heavy atom. The monoisotopic (exact) mass is 197 g/mol. The lowest BCUT2D eigenvalue weighted by Gasteiger charge is -2.09. The molecule has 3 N–H and O–H groups in total. The van der Waals surface area contributed by atoms with Crippen molar-refractivity contribution in [3.63, 3.8) is 0 Å². The number of aliphatic hydroxyl groups excluding tert-OH is 1. The van der Waals surface area contributed by atoms with E-state index in [0.717, 1.165) is 0 Å². The van der Waals surface area contributed by atoms with E-state index >= 15 is 0 Å². The minimum Gasteiger partial charge on any atom is -0.391 e. The number of nitrogens with zero attached hydrogens (tertiary/aromatic N) is 4. The second kappa shape index (κ2) is 2.95. The maximum Gasteiger partial charge on any atom is 0.253 e. The van der Waals surface area contributed by atoms with Crippen LogP contribution in [0.25, 0.3) is 0 Å². The van der Waals surface area contributed by atoms with Crippen molar-refractivity contribution in [3.05, 3.63) is 0 Å². The number of nitrogen functional groups attached to an aromatic ring is 1. The highest BCUT2D eigenvalue weighted by atomic mass is 16.3. The standard InChI is InChI=1S/C7H11N5O2/c1-11-6(8)9-7(10-11)12-3-4(13)2-5(12)14/h4,13H,2-3H2,1H3,(H2,8,9,10). The smallest absolute Gasteiger partial charge is 0.253 e. The maximum absolute atomic E-state index is 11.3. The van der Waals surface area contributed by atoms with Gasteiger partial charge in [-0.2, -0.15) is 4.98 Å². The molecule has 76 valence electrons. The number of hydrogen-bond donors (Lipinski definition) is 2. The summed E-state index contributed by atoms with van der Waals surface area (Å²) in [6, 6.07) is 0. The molecule has 0 radical (unpaired) electrons. The lowest BCUT2D eigenvalue weighted by Crippen LogP contribution is -2.26. The quantitative estimate of drug-likeness (QED) is 0.570. The first kappa shape index (κ1) is 8.95. The Balaban J connectivity index is 2.27. The van der Waals surface area contributed by atoms with E-state index in [1.165, 1.54) is 9.58 Å². The molecule has 1 atom stereocenters. The third-order valence-electron chi connectivity index (χ3n) is 2.13. The van der Waals surface area contributed by atoms with Crippen molar-refractivity contribution in [2.24, 2.45) is 7.05 Å². The van der Waals surface area contributed by atoms with Crippen LogP contribution in [0.5, 0.6) is 0 Å². The van der Waals surface area contributed by atoms with Gasteiger partial charge in [0, 0.05) is 7.05 Å². The van der Waals surface area contributed by atoms with Crippen molar-refractivity contribution < 1.29 is 9.90 Å². The van der Waals surface area contributed by atoms with Crippen molar-refractivity contribution in [2.45, 2.75) is 12.5 Å². The van der Waals surface area contributed by atoms with Crippen LogP contribution in [-0.2, 0) is 11.8 Å². The lowest BCUT2D eigenvalue weighted by molar-refractivity contribution is -0.117. The molecular formula is C7H11N5O2. The highest BCUT2D eigenvalue weighted by molar-refractivity contribution is 5.94. The van der Waals surface area contributed by atoms with Crippen LogP contribution < -0.4 is 10.6 Å². The van der Waals surface area contributed by atoms with E-state index in [0.29, 0.717) is 0 Å². The number of aryl methyl sites for hydroxylation is 1. The maximum atomic E-state index is 11.3. The molecule has 2 rings (SSSR count). The summed E-state index contributed by atoms with van der Waals surface area (Å²) in [5.74, 6) is 0.323. The number of β-amino-alcohol motifs (C(OH)–C–C–N with tert-alkyl or cyclic N) is 1. The van der Waals surface area contributed by atoms with Gasteiger partial charge < -0.3 is 10.8 Å². The summed E-state index contributed by atoms with van der Waals surface area (Å²) >= 11 is 0. The van der Waals surface area contributed by atoms with Gasteiger partial charge in [-0.3, -0.25) is 9.69 Å². The normalized spacial score (nSPS) is 22.0. The molecule has 1 aromatic rings. The van der Waals surface area contributed by atoms with Crippen molar-refractivity contribution >= 4 is 17.8 Å². The van der Waals surface area contributed by atoms with E-state index in [9.17, 15) is 9.90 Å². The van der Waals surface area contributed by atoms with E-state index in [1.54, 1.807) is 7.05 Å². The third-order valence-corrected chi connectivity index (χ3v) is 2.13. The largest absolute Gasteiger partial charge is 0.391 e. The van der Waals surface area contributed by atoms with Crippen molar-refractivity contribution in [2.75, 3.05) is 17.2 Å². The molecule has 0 aliphatic carbocycles. The number of amides is 1. The Hall–Kier alpha value is -1.63. The number of aromatic nitrogens is 3. The van der Waals surface area contributed by atoms with E-state index < -0.39 is 6.10 Å². The van der Waals surface area contributed by atoms with Crippen molar-refractivity contribution in [1.29, 1.82) is 0 Å². The number of rotatable bonds is 1. The fraction of sp³-hybridized carbons (Fsp3) is 0.571. The molecule has 0 spiro atoms. The topological polar surface area (TPSA) is 97.3 Å². The first-order valence-corrected chi connectivity index (χ1v) is 4.23. The zero-order valence-corrected chi connectivity index (χ0v) is 7.71. The van der Waals surface area contributed by atoms with Gasteiger partial charge in [-0.25, -0.2) is 4.68 Å². The molecule has 1 aliphatic heterocycles. The summed E-state index contributed by atoms with van der Waals surface area (Å²) < 4.78 is 1.38. The number of anilines is 2. The van der Waals surface area contributed by atoms with Crippen LogP contribution in [0.1, 0.15) is 6.42 Å². The van der Waals surface area contributed by atoms with Crippen LogP contribution in [0.15, 0.2) is 0 Å². The Bertz CT molecular complexity index is 355. The molecule has 2 heterocycles. The van der Waals surface area contributed by atoms with E-state index in [2.05, 4.69) is 10.1 Å². The molecule has 7 heteroatoms. The third kappa shape index (κ3) is 1.31. The zero-order valence-electron chi connectivity index (χ0n) is 7.71. The average molecular weight is 197 g/mol. The Kier molecular flexibility index (Phi) is 1.88. The fourth-order valence-electron chi connectivity index (χ4n) is 1.38. The molecular weight excluding hydrogens is 186 g/mol. The summed E-state index contributed by atoms with van der Waals surface area (Å²) in [5, 5.41) is 13.2. The molecule has 0 aromatic carbocycles. The Labute approximate surface area is 80.1 Å². The number of carbonyl (C=O) groups excluding carboxylic acids is 1. The summed E-state index contributed by atoms with van der Waals surface area (Å²) in [6.45, 7) is 0.238. The number of carbonyl (C=O) groups is 1. The Morgan fingerprint density at radius 3 is 2.79 bits per heavy atom. The minimum absolute atomic E-state index is 0.123. The first-order valence-electron chi connectivity index (χ1n) is 4.23. The van der Waals surface area contributed by atoms with Crippen LogP contribution in [0, 0.1) is 0 Å². The van der Waals surface area contributed by atoms with Gasteiger partial charge in [0.05, 0.1) is 19.1 Å². The summed E-state index contributed by atoms with van der Waals surface area (Å²) in [4.78, 5) is 16.6. The average Bonchev–Trinajstić information content (AvgIpc) is 2.57. The van der Waals surface area contributed by atoms with Gasteiger partial charge in [-0.15, -0.1) is 5.10 Å². The zero-order chi connectivity index (χ0) is 10.3. The molecule has 1 fully saturated rings. The molecule has 1 aromatic heterocycles. The minimum atomic E-state index is -0.632. The van der Waals surface area contributed by atoms with Gasteiger partial charge in [0.2, 0.25) is 11.9 Å².